The van der Waals surface area contributed by atoms with Gasteiger partial charge in [-0.05, 0) is 64.2 Å². The van der Waals surface area contributed by atoms with E-state index in [1.54, 1.807) is 0 Å². The molecule has 172 valence electrons. The minimum Gasteiger partial charge on any atom is -0.377 e. The maximum absolute atomic E-state index is 12.9. The highest BCUT2D eigenvalue weighted by Crippen LogP contribution is 2.35. The van der Waals surface area contributed by atoms with E-state index in [1.807, 2.05) is 0 Å². The Labute approximate surface area is 194 Å². The first kappa shape index (κ1) is 27.2. The van der Waals surface area contributed by atoms with Crippen LogP contribution in [0, 0.1) is 5.92 Å². The Hall–Kier alpha value is -0.850. The van der Waals surface area contributed by atoms with Crippen molar-refractivity contribution < 1.29 is 9.53 Å². The lowest BCUT2D eigenvalue weighted by molar-refractivity contribution is -0.127. The topological polar surface area (TPSA) is 67.6 Å². The molecular formula is C23H39Cl2N3O2. The Bertz CT molecular complexity index is 624. The summed E-state index contributed by atoms with van der Waals surface area (Å²) >= 11 is 0. The predicted molar refractivity (Wildman–Crippen MR) is 128 cm³/mol. The molecule has 1 heterocycles. The van der Waals surface area contributed by atoms with Crippen molar-refractivity contribution in [3.8, 4) is 0 Å². The van der Waals surface area contributed by atoms with E-state index in [0.29, 0.717) is 6.54 Å². The van der Waals surface area contributed by atoms with Crippen molar-refractivity contribution in [1.29, 1.82) is 0 Å². The molecule has 1 aromatic carbocycles. The van der Waals surface area contributed by atoms with Crippen LogP contribution in [-0.4, -0.2) is 56.2 Å². The molecule has 1 amide bonds. The maximum Gasteiger partial charge on any atom is 0.223 e. The number of carbonyl (C=O) groups excluding carboxylic acids is 1. The van der Waals surface area contributed by atoms with E-state index in [4.69, 9.17) is 10.5 Å². The zero-order valence-corrected chi connectivity index (χ0v) is 20.0. The number of likely N-dealkylation sites (tertiary alicyclic amines) is 1. The van der Waals surface area contributed by atoms with Crippen LogP contribution in [0.25, 0.3) is 0 Å². The lowest BCUT2D eigenvalue weighted by atomic mass is 9.72. The fourth-order valence-electron chi connectivity index (χ4n) is 4.70. The van der Waals surface area contributed by atoms with Gasteiger partial charge in [0.25, 0.3) is 0 Å². The van der Waals surface area contributed by atoms with E-state index in [-0.39, 0.29) is 54.2 Å². The number of halogens is 2. The number of nitrogens with one attached hydrogen (secondary N) is 1. The van der Waals surface area contributed by atoms with Gasteiger partial charge >= 0.3 is 0 Å². The summed E-state index contributed by atoms with van der Waals surface area (Å²) < 4.78 is 5.85. The molecule has 3 rings (SSSR count). The second-order valence-corrected chi connectivity index (χ2v) is 8.75. The number of hydrogen-bond donors (Lipinski definition) is 2. The number of carbonyl (C=O) groups is 1. The van der Waals surface area contributed by atoms with Crippen molar-refractivity contribution in [2.75, 3.05) is 33.3 Å². The molecule has 1 aliphatic carbocycles. The first-order chi connectivity index (χ1) is 13.5. The van der Waals surface area contributed by atoms with E-state index in [9.17, 15) is 4.79 Å². The molecule has 30 heavy (non-hydrogen) atoms. The molecule has 1 aliphatic heterocycles. The number of benzene rings is 1. The van der Waals surface area contributed by atoms with E-state index in [2.05, 4.69) is 54.5 Å². The van der Waals surface area contributed by atoms with Crippen molar-refractivity contribution >= 4 is 30.7 Å². The summed E-state index contributed by atoms with van der Waals surface area (Å²) in [5.74, 6) is 0.175. The lowest BCUT2D eigenvalue weighted by Crippen LogP contribution is -2.51. The highest BCUT2D eigenvalue weighted by Gasteiger charge is 2.37. The number of rotatable bonds is 7. The third-order valence-electron chi connectivity index (χ3n) is 6.67. The van der Waals surface area contributed by atoms with E-state index in [0.717, 1.165) is 58.2 Å². The predicted octanol–water partition coefficient (Wildman–Crippen LogP) is 3.53. The number of nitrogens with zero attached hydrogens (tertiary/aromatic N) is 1. The van der Waals surface area contributed by atoms with Crippen molar-refractivity contribution in [3.63, 3.8) is 0 Å². The number of amides is 1. The second-order valence-electron chi connectivity index (χ2n) is 8.75. The van der Waals surface area contributed by atoms with Gasteiger partial charge in [-0.2, -0.15) is 0 Å². The fourth-order valence-corrected chi connectivity index (χ4v) is 4.70. The first-order valence-corrected chi connectivity index (χ1v) is 10.9. The largest absolute Gasteiger partial charge is 0.377 e. The average Bonchev–Trinajstić information content (AvgIpc) is 2.73. The summed E-state index contributed by atoms with van der Waals surface area (Å²) in [4.78, 5) is 15.3. The minimum atomic E-state index is -0.0394. The molecule has 0 spiro atoms. The number of piperidine rings is 1. The van der Waals surface area contributed by atoms with Gasteiger partial charge in [-0.3, -0.25) is 4.79 Å². The summed E-state index contributed by atoms with van der Waals surface area (Å²) in [6.07, 6.45) is 5.73. The highest BCUT2D eigenvalue weighted by atomic mass is 35.5. The molecule has 0 unspecified atom stereocenters. The second kappa shape index (κ2) is 12.9. The lowest BCUT2D eigenvalue weighted by Gasteiger charge is -2.42. The zero-order chi connectivity index (χ0) is 20.0. The van der Waals surface area contributed by atoms with Crippen LogP contribution in [0.15, 0.2) is 30.3 Å². The number of nitrogens with two attached hydrogens (primary N) is 1. The van der Waals surface area contributed by atoms with Crippen molar-refractivity contribution in [2.24, 2.45) is 11.7 Å². The monoisotopic (exact) mass is 459 g/mol. The summed E-state index contributed by atoms with van der Waals surface area (Å²) in [7, 11) is 2.17. The molecule has 1 aromatic rings. The normalized spacial score (nSPS) is 26.2. The van der Waals surface area contributed by atoms with Crippen molar-refractivity contribution in [1.82, 2.24) is 10.2 Å². The van der Waals surface area contributed by atoms with Gasteiger partial charge in [-0.1, -0.05) is 37.3 Å². The molecule has 1 saturated heterocycles. The van der Waals surface area contributed by atoms with Crippen molar-refractivity contribution in [3.05, 3.63) is 35.9 Å². The SMILES string of the molecule is CCCO[C@@H]1CC[C@H](C(=O)NCC2(c3ccccc3)CCN(C)CC2)C[C@H]1N.Cl.Cl. The van der Waals surface area contributed by atoms with Crippen LogP contribution < -0.4 is 11.1 Å². The molecule has 3 atom stereocenters. The van der Waals surface area contributed by atoms with Crippen LogP contribution in [-0.2, 0) is 14.9 Å². The van der Waals surface area contributed by atoms with Gasteiger partial charge in [0, 0.05) is 30.5 Å². The summed E-state index contributed by atoms with van der Waals surface area (Å²) in [5, 5.41) is 3.30. The summed E-state index contributed by atoms with van der Waals surface area (Å²) in [6, 6.07) is 10.7. The maximum atomic E-state index is 12.9. The van der Waals surface area contributed by atoms with Crippen LogP contribution in [0.5, 0.6) is 0 Å². The van der Waals surface area contributed by atoms with Crippen LogP contribution in [0.2, 0.25) is 0 Å². The Morgan fingerprint density at radius 1 is 1.20 bits per heavy atom. The molecule has 2 aliphatic rings. The molecule has 5 nitrogen and oxygen atoms in total. The number of ether oxygens (including phenoxy) is 1. The van der Waals surface area contributed by atoms with Gasteiger partial charge in [0.15, 0.2) is 0 Å². The van der Waals surface area contributed by atoms with Gasteiger partial charge in [0.05, 0.1) is 6.10 Å². The van der Waals surface area contributed by atoms with Crippen molar-refractivity contribution in [2.45, 2.75) is 63.0 Å². The highest BCUT2D eigenvalue weighted by molar-refractivity contribution is 5.85. The molecule has 1 saturated carbocycles. The molecule has 0 radical (unpaired) electrons. The van der Waals surface area contributed by atoms with Gasteiger partial charge < -0.3 is 20.7 Å². The third kappa shape index (κ3) is 6.83. The molecule has 2 fully saturated rings. The van der Waals surface area contributed by atoms with Crippen LogP contribution in [0.4, 0.5) is 0 Å². The first-order valence-electron chi connectivity index (χ1n) is 10.9. The van der Waals surface area contributed by atoms with E-state index in [1.165, 1.54) is 5.56 Å². The van der Waals surface area contributed by atoms with Gasteiger partial charge in [-0.25, -0.2) is 0 Å². The van der Waals surface area contributed by atoms with Gasteiger partial charge in [-0.15, -0.1) is 24.8 Å². The smallest absolute Gasteiger partial charge is 0.223 e. The Balaban J connectivity index is 0.00000225. The number of hydrogen-bond acceptors (Lipinski definition) is 4. The molecule has 0 aromatic heterocycles. The Morgan fingerprint density at radius 2 is 1.87 bits per heavy atom. The Kier molecular flexibility index (Phi) is 11.7. The van der Waals surface area contributed by atoms with Crippen LogP contribution >= 0.6 is 24.8 Å². The zero-order valence-electron chi connectivity index (χ0n) is 18.3. The van der Waals surface area contributed by atoms with Gasteiger partial charge in [0.1, 0.15) is 0 Å². The van der Waals surface area contributed by atoms with E-state index < -0.39 is 0 Å². The molecule has 3 N–H and O–H groups in total. The molecule has 0 bridgehead atoms. The average molecular weight is 460 g/mol. The standard InChI is InChI=1S/C23H37N3O2.2ClH/c1-3-15-28-21-10-9-18(16-20(21)24)22(27)25-17-23(11-13-26(2)14-12-23)19-7-5-4-6-8-19;;/h4-8,18,20-21H,3,9-17,24H2,1-2H3,(H,25,27);2*1H/t18-,20+,21+;;/m0../s1. The minimum absolute atomic E-state index is 0. The summed E-state index contributed by atoms with van der Waals surface area (Å²) in [5.41, 5.74) is 7.69. The van der Waals surface area contributed by atoms with E-state index >= 15 is 0 Å². The van der Waals surface area contributed by atoms with Crippen LogP contribution in [0.3, 0.4) is 0 Å². The molecular weight excluding hydrogens is 421 g/mol. The van der Waals surface area contributed by atoms with Gasteiger partial charge in [0.2, 0.25) is 5.91 Å². The fraction of sp³-hybridized carbons (Fsp3) is 0.696. The molecule has 7 heteroatoms. The third-order valence-corrected chi connectivity index (χ3v) is 6.67. The Morgan fingerprint density at radius 3 is 2.47 bits per heavy atom. The summed E-state index contributed by atoms with van der Waals surface area (Å²) in [6.45, 7) is 5.70. The van der Waals surface area contributed by atoms with Crippen LogP contribution in [0.1, 0.15) is 51.0 Å². The quantitative estimate of drug-likeness (QED) is 0.654.